The molecule has 0 bridgehead atoms. The molecule has 0 aliphatic rings. The highest BCUT2D eigenvalue weighted by molar-refractivity contribution is 9.10. The van der Waals surface area contributed by atoms with Crippen LogP contribution in [0.15, 0.2) is 57.5 Å². The van der Waals surface area contributed by atoms with Gasteiger partial charge in [0.1, 0.15) is 0 Å². The van der Waals surface area contributed by atoms with Crippen molar-refractivity contribution in [2.75, 3.05) is 5.32 Å². The number of benzene rings is 2. The Bertz CT molecular complexity index is 552. The average molecular weight is 369 g/mol. The second kappa shape index (κ2) is 6.16. The SMILES string of the molecule is O=C(Cc1cccc(Br)c1)Nc1ccc(Br)cc1. The molecule has 2 nitrogen and oxygen atoms in total. The summed E-state index contributed by atoms with van der Waals surface area (Å²) in [7, 11) is 0. The Kier molecular flexibility index (Phi) is 4.55. The number of nitrogens with one attached hydrogen (secondary N) is 1. The summed E-state index contributed by atoms with van der Waals surface area (Å²) in [5.74, 6) is -0.0181. The summed E-state index contributed by atoms with van der Waals surface area (Å²) in [5.41, 5.74) is 1.79. The van der Waals surface area contributed by atoms with Gasteiger partial charge in [0.15, 0.2) is 0 Å². The van der Waals surface area contributed by atoms with Gasteiger partial charge >= 0.3 is 0 Å². The Labute approximate surface area is 123 Å². The quantitative estimate of drug-likeness (QED) is 0.854. The van der Waals surface area contributed by atoms with Gasteiger partial charge in [-0.25, -0.2) is 0 Å². The third kappa shape index (κ3) is 3.96. The van der Waals surface area contributed by atoms with Gasteiger partial charge in [0.2, 0.25) is 5.91 Å². The summed E-state index contributed by atoms with van der Waals surface area (Å²) in [6.45, 7) is 0. The third-order valence-corrected chi connectivity index (χ3v) is 3.40. The molecule has 0 unspecified atom stereocenters. The van der Waals surface area contributed by atoms with Crippen molar-refractivity contribution in [2.24, 2.45) is 0 Å². The van der Waals surface area contributed by atoms with E-state index in [1.165, 1.54) is 0 Å². The van der Waals surface area contributed by atoms with Crippen LogP contribution in [0.25, 0.3) is 0 Å². The van der Waals surface area contributed by atoms with Crippen molar-refractivity contribution >= 4 is 43.5 Å². The summed E-state index contributed by atoms with van der Waals surface area (Å²) in [6.07, 6.45) is 0.371. The lowest BCUT2D eigenvalue weighted by Gasteiger charge is -2.05. The number of halogens is 2. The van der Waals surface area contributed by atoms with Gasteiger partial charge in [-0.3, -0.25) is 4.79 Å². The second-order valence-corrected chi connectivity index (χ2v) is 5.69. The van der Waals surface area contributed by atoms with Crippen LogP contribution in [0.3, 0.4) is 0 Å². The summed E-state index contributed by atoms with van der Waals surface area (Å²) in [5, 5.41) is 2.86. The van der Waals surface area contributed by atoms with Crippen molar-refractivity contribution in [1.29, 1.82) is 0 Å². The molecule has 0 radical (unpaired) electrons. The summed E-state index contributed by atoms with van der Waals surface area (Å²) < 4.78 is 1.98. The predicted molar refractivity (Wildman–Crippen MR) is 80.6 cm³/mol. The molecule has 0 aliphatic heterocycles. The van der Waals surface area contributed by atoms with Crippen molar-refractivity contribution < 1.29 is 4.79 Å². The molecule has 92 valence electrons. The highest BCUT2D eigenvalue weighted by Gasteiger charge is 2.04. The van der Waals surface area contributed by atoms with Crippen LogP contribution in [0.2, 0.25) is 0 Å². The van der Waals surface area contributed by atoms with Gasteiger partial charge in [0.25, 0.3) is 0 Å². The molecule has 0 fully saturated rings. The van der Waals surface area contributed by atoms with E-state index in [2.05, 4.69) is 37.2 Å². The molecule has 2 rings (SSSR count). The van der Waals surface area contributed by atoms with Crippen LogP contribution in [0.5, 0.6) is 0 Å². The van der Waals surface area contributed by atoms with Crippen LogP contribution in [0.1, 0.15) is 5.56 Å². The van der Waals surface area contributed by atoms with Crippen LogP contribution in [-0.2, 0) is 11.2 Å². The summed E-state index contributed by atoms with van der Waals surface area (Å²) >= 11 is 6.75. The standard InChI is InChI=1S/C14H11Br2NO/c15-11-4-6-13(7-5-11)17-14(18)9-10-2-1-3-12(16)8-10/h1-8H,9H2,(H,17,18). The molecular formula is C14H11Br2NO. The number of hydrogen-bond acceptors (Lipinski definition) is 1. The molecule has 0 heterocycles. The molecule has 1 N–H and O–H groups in total. The fourth-order valence-corrected chi connectivity index (χ4v) is 2.28. The molecule has 2 aromatic rings. The van der Waals surface area contributed by atoms with E-state index in [4.69, 9.17) is 0 Å². The van der Waals surface area contributed by atoms with Crippen molar-refractivity contribution in [3.63, 3.8) is 0 Å². The van der Waals surface area contributed by atoms with Gasteiger partial charge < -0.3 is 5.32 Å². The van der Waals surface area contributed by atoms with Crippen LogP contribution in [-0.4, -0.2) is 5.91 Å². The van der Waals surface area contributed by atoms with Crippen molar-refractivity contribution in [2.45, 2.75) is 6.42 Å². The van der Waals surface area contributed by atoms with Crippen LogP contribution >= 0.6 is 31.9 Å². The van der Waals surface area contributed by atoms with E-state index in [0.717, 1.165) is 20.2 Å². The maximum Gasteiger partial charge on any atom is 0.228 e. The Morgan fingerprint density at radius 1 is 1.00 bits per heavy atom. The van der Waals surface area contributed by atoms with E-state index in [9.17, 15) is 4.79 Å². The molecule has 1 amide bonds. The molecule has 4 heteroatoms. The van der Waals surface area contributed by atoms with Crippen molar-refractivity contribution in [1.82, 2.24) is 0 Å². The zero-order chi connectivity index (χ0) is 13.0. The first kappa shape index (κ1) is 13.3. The fraction of sp³-hybridized carbons (Fsp3) is 0.0714. The van der Waals surface area contributed by atoms with Crippen molar-refractivity contribution in [3.05, 3.63) is 63.0 Å². The molecule has 0 saturated heterocycles. The largest absolute Gasteiger partial charge is 0.326 e. The number of carbonyl (C=O) groups excluding carboxylic acids is 1. The number of amides is 1. The van der Waals surface area contributed by atoms with Gasteiger partial charge in [-0.1, -0.05) is 44.0 Å². The lowest BCUT2D eigenvalue weighted by molar-refractivity contribution is -0.115. The molecular weight excluding hydrogens is 358 g/mol. The zero-order valence-corrected chi connectivity index (χ0v) is 12.7. The smallest absolute Gasteiger partial charge is 0.228 e. The van der Waals surface area contributed by atoms with E-state index in [0.29, 0.717) is 6.42 Å². The normalized spacial score (nSPS) is 10.1. The molecule has 0 aliphatic carbocycles. The highest BCUT2D eigenvalue weighted by Crippen LogP contribution is 2.15. The maximum atomic E-state index is 11.8. The monoisotopic (exact) mass is 367 g/mol. The van der Waals surface area contributed by atoms with Gasteiger partial charge in [-0.2, -0.15) is 0 Å². The van der Waals surface area contributed by atoms with E-state index in [1.54, 1.807) is 0 Å². The van der Waals surface area contributed by atoms with Crippen LogP contribution in [0.4, 0.5) is 5.69 Å². The van der Waals surface area contributed by atoms with Crippen LogP contribution in [0, 0.1) is 0 Å². The lowest BCUT2D eigenvalue weighted by atomic mass is 10.1. The Hall–Kier alpha value is -1.13. The number of hydrogen-bond donors (Lipinski definition) is 1. The van der Waals surface area contributed by atoms with E-state index < -0.39 is 0 Å². The molecule has 0 aromatic heterocycles. The van der Waals surface area contributed by atoms with Crippen LogP contribution < -0.4 is 5.32 Å². The molecule has 18 heavy (non-hydrogen) atoms. The molecule has 2 aromatic carbocycles. The zero-order valence-electron chi connectivity index (χ0n) is 9.49. The number of carbonyl (C=O) groups is 1. The van der Waals surface area contributed by atoms with Gasteiger partial charge in [-0.15, -0.1) is 0 Å². The first-order chi connectivity index (χ1) is 8.63. The summed E-state index contributed by atoms with van der Waals surface area (Å²) in [4.78, 5) is 11.8. The van der Waals surface area contributed by atoms with E-state index >= 15 is 0 Å². The Morgan fingerprint density at radius 2 is 1.72 bits per heavy atom. The molecule has 0 atom stereocenters. The number of rotatable bonds is 3. The minimum atomic E-state index is -0.0181. The first-order valence-corrected chi connectivity index (χ1v) is 7.02. The summed E-state index contributed by atoms with van der Waals surface area (Å²) in [6, 6.07) is 15.3. The second-order valence-electron chi connectivity index (χ2n) is 3.86. The molecule has 0 saturated carbocycles. The van der Waals surface area contributed by atoms with Gasteiger partial charge in [0, 0.05) is 14.6 Å². The topological polar surface area (TPSA) is 29.1 Å². The van der Waals surface area contributed by atoms with E-state index in [-0.39, 0.29) is 5.91 Å². The predicted octanol–water partition coefficient (Wildman–Crippen LogP) is 4.39. The lowest BCUT2D eigenvalue weighted by Crippen LogP contribution is -2.14. The Balaban J connectivity index is 1.98. The van der Waals surface area contributed by atoms with Crippen molar-refractivity contribution in [3.8, 4) is 0 Å². The van der Waals surface area contributed by atoms with Gasteiger partial charge in [-0.05, 0) is 42.0 Å². The van der Waals surface area contributed by atoms with E-state index in [1.807, 2.05) is 48.5 Å². The first-order valence-electron chi connectivity index (χ1n) is 5.43. The Morgan fingerprint density at radius 3 is 2.39 bits per heavy atom. The third-order valence-electron chi connectivity index (χ3n) is 2.38. The maximum absolute atomic E-state index is 11.8. The fourth-order valence-electron chi connectivity index (χ4n) is 1.57. The molecule has 0 spiro atoms. The van der Waals surface area contributed by atoms with Gasteiger partial charge in [0.05, 0.1) is 6.42 Å². The number of anilines is 1. The highest BCUT2D eigenvalue weighted by atomic mass is 79.9. The minimum absolute atomic E-state index is 0.0181. The average Bonchev–Trinajstić information content (AvgIpc) is 2.32. The minimum Gasteiger partial charge on any atom is -0.326 e.